The van der Waals surface area contributed by atoms with Crippen LogP contribution in [0.1, 0.15) is 38.1 Å². The summed E-state index contributed by atoms with van der Waals surface area (Å²) in [6, 6.07) is 9.40. The number of aliphatic hydroxyl groups is 1. The Bertz CT molecular complexity index is 1080. The van der Waals surface area contributed by atoms with Crippen LogP contribution in [0.15, 0.2) is 46.1 Å². The van der Waals surface area contributed by atoms with Gasteiger partial charge in [0, 0.05) is 17.7 Å². The van der Waals surface area contributed by atoms with Crippen molar-refractivity contribution in [3.63, 3.8) is 0 Å². The molecule has 10 nitrogen and oxygen atoms in total. The summed E-state index contributed by atoms with van der Waals surface area (Å²) in [5.41, 5.74) is 0.0979. The van der Waals surface area contributed by atoms with Crippen molar-refractivity contribution in [1.29, 1.82) is 0 Å². The molecule has 1 fully saturated rings. The Morgan fingerprint density at radius 3 is 2.59 bits per heavy atom. The quantitative estimate of drug-likeness (QED) is 0.511. The van der Waals surface area contributed by atoms with Crippen molar-refractivity contribution in [2.24, 2.45) is 5.92 Å². The first-order chi connectivity index (χ1) is 16.2. The van der Waals surface area contributed by atoms with Gasteiger partial charge in [-0.05, 0) is 26.3 Å². The molecule has 0 bridgehead atoms. The molecule has 5 atom stereocenters. The van der Waals surface area contributed by atoms with Gasteiger partial charge in [0.2, 0.25) is 0 Å². The van der Waals surface area contributed by atoms with Crippen LogP contribution in [0.25, 0.3) is 0 Å². The van der Waals surface area contributed by atoms with E-state index in [9.17, 15) is 19.5 Å². The van der Waals surface area contributed by atoms with E-state index in [0.717, 1.165) is 10.1 Å². The highest BCUT2D eigenvalue weighted by Gasteiger charge is 2.46. The zero-order valence-corrected chi connectivity index (χ0v) is 19.9. The van der Waals surface area contributed by atoms with Gasteiger partial charge in [-0.2, -0.15) is 0 Å². The highest BCUT2D eigenvalue weighted by atomic mass is 16.6. The van der Waals surface area contributed by atoms with Crippen LogP contribution in [0.4, 0.5) is 0 Å². The summed E-state index contributed by atoms with van der Waals surface area (Å²) in [6.07, 6.45) is -1.78. The Labute approximate surface area is 197 Å². The summed E-state index contributed by atoms with van der Waals surface area (Å²) in [4.78, 5) is 37.8. The third-order valence-corrected chi connectivity index (χ3v) is 5.76. The number of aliphatic hydroxyl groups excluding tert-OH is 1. The van der Waals surface area contributed by atoms with Crippen molar-refractivity contribution in [1.82, 2.24) is 9.13 Å². The molecule has 3 rings (SSSR count). The molecule has 10 heteroatoms. The molecule has 0 saturated carbocycles. The zero-order valence-electron chi connectivity index (χ0n) is 19.9. The lowest BCUT2D eigenvalue weighted by molar-refractivity contribution is -0.154. The Morgan fingerprint density at radius 2 is 1.94 bits per heavy atom. The van der Waals surface area contributed by atoms with E-state index in [2.05, 4.69) is 0 Å². The Balaban J connectivity index is 1.88. The third-order valence-electron chi connectivity index (χ3n) is 5.76. The lowest BCUT2D eigenvalue weighted by Gasteiger charge is -2.24. The molecule has 1 aliphatic rings. The molecular formula is C24H32N2O8. The molecule has 1 N–H and O–H groups in total. The molecule has 1 aromatic heterocycles. The van der Waals surface area contributed by atoms with E-state index in [4.69, 9.17) is 18.9 Å². The van der Waals surface area contributed by atoms with Crippen LogP contribution in [0.2, 0.25) is 0 Å². The summed E-state index contributed by atoms with van der Waals surface area (Å²) in [6.45, 7) is 6.54. The molecule has 0 amide bonds. The SMILES string of the molecule is CCOC(=O)CO[C@@H]1[C@H](C)[C@@H]([C@@H](C)O)O[C@H]1n1cc(C)c(=O)n(COCc2ccccc2)c1=O. The van der Waals surface area contributed by atoms with E-state index in [-0.39, 0.29) is 32.5 Å². The summed E-state index contributed by atoms with van der Waals surface area (Å²) in [5.74, 6) is -0.891. The van der Waals surface area contributed by atoms with Gasteiger partial charge in [-0.1, -0.05) is 37.3 Å². The number of carbonyl (C=O) groups is 1. The molecule has 1 aromatic carbocycles. The molecule has 34 heavy (non-hydrogen) atoms. The van der Waals surface area contributed by atoms with E-state index in [1.54, 1.807) is 20.8 Å². The van der Waals surface area contributed by atoms with Gasteiger partial charge in [0.05, 0.1) is 25.4 Å². The predicted molar refractivity (Wildman–Crippen MR) is 122 cm³/mol. The minimum Gasteiger partial charge on any atom is -0.464 e. The van der Waals surface area contributed by atoms with E-state index in [0.29, 0.717) is 5.56 Å². The molecule has 0 unspecified atom stereocenters. The number of benzene rings is 1. The lowest BCUT2D eigenvalue weighted by Crippen LogP contribution is -2.44. The molecule has 0 aliphatic carbocycles. The van der Waals surface area contributed by atoms with Gasteiger partial charge in [-0.25, -0.2) is 14.2 Å². The monoisotopic (exact) mass is 476 g/mol. The maximum Gasteiger partial charge on any atom is 0.335 e. The second kappa shape index (κ2) is 11.6. The van der Waals surface area contributed by atoms with E-state index in [1.807, 2.05) is 37.3 Å². The Kier molecular flexibility index (Phi) is 8.78. The fraction of sp³-hybridized carbons (Fsp3) is 0.542. The van der Waals surface area contributed by atoms with Crippen LogP contribution in [-0.4, -0.2) is 51.7 Å². The van der Waals surface area contributed by atoms with Crippen LogP contribution in [-0.2, 0) is 37.1 Å². The summed E-state index contributed by atoms with van der Waals surface area (Å²) in [7, 11) is 0. The standard InChI is InChI=1S/C24H32N2O8/c1-5-32-19(28)13-33-21-16(3)20(17(4)27)34-23(21)25-11-15(2)22(29)26(24(25)30)14-31-12-18-9-7-6-8-10-18/h6-11,16-17,20-21,23,27H,5,12-14H2,1-4H3/t16-,17-,20+,21-,23-/m1/s1. The van der Waals surface area contributed by atoms with Crippen molar-refractivity contribution in [3.8, 4) is 0 Å². The second-order valence-corrected chi connectivity index (χ2v) is 8.37. The van der Waals surface area contributed by atoms with Gasteiger partial charge in [0.15, 0.2) is 6.23 Å². The number of esters is 1. The highest BCUT2D eigenvalue weighted by molar-refractivity contribution is 5.70. The average molecular weight is 477 g/mol. The Hall–Kier alpha value is -2.79. The molecule has 1 saturated heterocycles. The van der Waals surface area contributed by atoms with Crippen molar-refractivity contribution in [3.05, 3.63) is 68.5 Å². The van der Waals surface area contributed by atoms with Crippen LogP contribution < -0.4 is 11.2 Å². The van der Waals surface area contributed by atoms with Crippen LogP contribution in [0.5, 0.6) is 0 Å². The normalized spacial score (nSPS) is 23.1. The summed E-state index contributed by atoms with van der Waals surface area (Å²) >= 11 is 0. The smallest absolute Gasteiger partial charge is 0.335 e. The van der Waals surface area contributed by atoms with Crippen molar-refractivity contribution >= 4 is 5.97 Å². The van der Waals surface area contributed by atoms with Crippen molar-refractivity contribution in [2.45, 2.75) is 65.6 Å². The van der Waals surface area contributed by atoms with Gasteiger partial charge < -0.3 is 24.1 Å². The molecule has 0 radical (unpaired) electrons. The van der Waals surface area contributed by atoms with Crippen LogP contribution >= 0.6 is 0 Å². The van der Waals surface area contributed by atoms with E-state index < -0.39 is 41.8 Å². The first kappa shape index (κ1) is 25.8. The third kappa shape index (κ3) is 5.82. The lowest BCUT2D eigenvalue weighted by atomic mass is 9.97. The molecule has 0 spiro atoms. The maximum absolute atomic E-state index is 13.3. The topological polar surface area (TPSA) is 118 Å². The predicted octanol–water partition coefficient (Wildman–Crippen LogP) is 1.36. The maximum atomic E-state index is 13.3. The molecule has 1 aliphatic heterocycles. The van der Waals surface area contributed by atoms with Gasteiger partial charge in [0.1, 0.15) is 19.4 Å². The summed E-state index contributed by atoms with van der Waals surface area (Å²) in [5, 5.41) is 10.2. The number of rotatable bonds is 10. The number of nitrogens with zero attached hydrogens (tertiary/aromatic N) is 2. The second-order valence-electron chi connectivity index (χ2n) is 8.37. The average Bonchev–Trinajstić information content (AvgIpc) is 3.14. The number of aromatic nitrogens is 2. The first-order valence-electron chi connectivity index (χ1n) is 11.3. The molecule has 2 heterocycles. The molecular weight excluding hydrogens is 444 g/mol. The van der Waals surface area contributed by atoms with E-state index >= 15 is 0 Å². The minimum atomic E-state index is -0.962. The highest BCUT2D eigenvalue weighted by Crippen LogP contribution is 2.36. The van der Waals surface area contributed by atoms with Crippen molar-refractivity contribution in [2.75, 3.05) is 13.2 Å². The van der Waals surface area contributed by atoms with Gasteiger partial charge in [0.25, 0.3) is 5.56 Å². The summed E-state index contributed by atoms with van der Waals surface area (Å²) < 4.78 is 24.6. The van der Waals surface area contributed by atoms with Crippen LogP contribution in [0, 0.1) is 12.8 Å². The fourth-order valence-electron chi connectivity index (χ4n) is 4.07. The fourth-order valence-corrected chi connectivity index (χ4v) is 4.07. The van der Waals surface area contributed by atoms with Crippen LogP contribution in [0.3, 0.4) is 0 Å². The van der Waals surface area contributed by atoms with Gasteiger partial charge in [-0.3, -0.25) is 9.36 Å². The molecule has 186 valence electrons. The number of hydrogen-bond acceptors (Lipinski definition) is 8. The van der Waals surface area contributed by atoms with E-state index in [1.165, 1.54) is 10.8 Å². The van der Waals surface area contributed by atoms with Gasteiger partial charge in [-0.15, -0.1) is 0 Å². The number of carbonyl (C=O) groups excluding carboxylic acids is 1. The first-order valence-corrected chi connectivity index (χ1v) is 11.3. The Morgan fingerprint density at radius 1 is 1.24 bits per heavy atom. The van der Waals surface area contributed by atoms with Crippen molar-refractivity contribution < 1.29 is 28.8 Å². The minimum absolute atomic E-state index is 0.214. The number of aryl methyl sites for hydroxylation is 1. The molecule has 2 aromatic rings. The van der Waals surface area contributed by atoms with Gasteiger partial charge >= 0.3 is 11.7 Å². The zero-order chi connectivity index (χ0) is 24.8. The number of ether oxygens (including phenoxy) is 4. The largest absolute Gasteiger partial charge is 0.464 e. The number of hydrogen-bond donors (Lipinski definition) is 1.